The minimum atomic E-state index is 0.306. The molecule has 1 atom stereocenters. The molecule has 1 amide bonds. The molecule has 0 aliphatic carbocycles. The maximum absolute atomic E-state index is 12.6. The maximum Gasteiger partial charge on any atom is 0.236 e. The van der Waals surface area contributed by atoms with Gasteiger partial charge in [0.05, 0.1) is 6.54 Å². The molecule has 0 aromatic heterocycles. The third-order valence-corrected chi connectivity index (χ3v) is 7.17. The van der Waals surface area contributed by atoms with Crippen molar-refractivity contribution in [3.05, 3.63) is 35.9 Å². The molecule has 32 heavy (non-hydrogen) atoms. The normalized spacial score (nSPS) is 23.5. The molecule has 1 aromatic carbocycles. The fourth-order valence-corrected chi connectivity index (χ4v) is 5.25. The van der Waals surface area contributed by atoms with Crippen LogP contribution in [0.15, 0.2) is 35.3 Å². The number of carbonyl (C=O) groups excluding carboxylic acids is 1. The number of nitrogens with one attached hydrogen (secondary N) is 1. The topological polar surface area (TPSA) is 54.4 Å². The predicted molar refractivity (Wildman–Crippen MR) is 130 cm³/mol. The van der Waals surface area contributed by atoms with E-state index in [4.69, 9.17) is 0 Å². The molecule has 3 aliphatic heterocycles. The highest BCUT2D eigenvalue weighted by molar-refractivity contribution is 5.80. The number of amides is 1. The van der Waals surface area contributed by atoms with Crippen molar-refractivity contribution in [2.45, 2.75) is 44.7 Å². The molecule has 1 aromatic rings. The van der Waals surface area contributed by atoms with E-state index < -0.39 is 0 Å². The van der Waals surface area contributed by atoms with Gasteiger partial charge in [-0.05, 0) is 44.2 Å². The van der Waals surface area contributed by atoms with Gasteiger partial charge < -0.3 is 15.1 Å². The molecule has 176 valence electrons. The van der Waals surface area contributed by atoms with Crippen LogP contribution in [0.5, 0.6) is 0 Å². The highest BCUT2D eigenvalue weighted by atomic mass is 16.2. The second-order valence-electron chi connectivity index (χ2n) is 9.38. The fraction of sp³-hybridized carbons (Fsp3) is 0.680. The molecule has 7 nitrogen and oxygen atoms in total. The van der Waals surface area contributed by atoms with Crippen LogP contribution in [-0.2, 0) is 11.3 Å². The minimum absolute atomic E-state index is 0.306. The number of hydrogen-bond acceptors (Lipinski definition) is 4. The van der Waals surface area contributed by atoms with Gasteiger partial charge in [0, 0.05) is 65.4 Å². The summed E-state index contributed by atoms with van der Waals surface area (Å²) in [6.07, 6.45) is 6.08. The second kappa shape index (κ2) is 11.7. The summed E-state index contributed by atoms with van der Waals surface area (Å²) in [4.78, 5) is 26.4. The Morgan fingerprint density at radius 3 is 2.41 bits per heavy atom. The van der Waals surface area contributed by atoms with E-state index in [0.717, 1.165) is 71.2 Å². The summed E-state index contributed by atoms with van der Waals surface area (Å²) in [5.74, 6) is 1.30. The Morgan fingerprint density at radius 2 is 1.69 bits per heavy atom. The van der Waals surface area contributed by atoms with E-state index in [-0.39, 0.29) is 0 Å². The molecule has 1 N–H and O–H groups in total. The van der Waals surface area contributed by atoms with Crippen LogP contribution in [-0.4, -0.2) is 103 Å². The van der Waals surface area contributed by atoms with Crippen LogP contribution in [0.2, 0.25) is 0 Å². The molecule has 4 rings (SSSR count). The van der Waals surface area contributed by atoms with Crippen LogP contribution in [0.25, 0.3) is 0 Å². The first-order valence-electron chi connectivity index (χ1n) is 12.5. The lowest BCUT2D eigenvalue weighted by atomic mass is 10.1. The number of likely N-dealkylation sites (tertiary alicyclic amines) is 2. The van der Waals surface area contributed by atoms with Gasteiger partial charge in [0.1, 0.15) is 0 Å². The van der Waals surface area contributed by atoms with Gasteiger partial charge >= 0.3 is 0 Å². The number of rotatable bonds is 6. The van der Waals surface area contributed by atoms with E-state index in [1.807, 2.05) is 7.05 Å². The number of piperidine rings is 1. The summed E-state index contributed by atoms with van der Waals surface area (Å²) in [7, 11) is 1.88. The fourth-order valence-electron chi connectivity index (χ4n) is 5.25. The Labute approximate surface area is 193 Å². The molecule has 7 heteroatoms. The zero-order valence-electron chi connectivity index (χ0n) is 19.7. The molecule has 3 saturated heterocycles. The lowest BCUT2D eigenvalue weighted by Gasteiger charge is -2.37. The van der Waals surface area contributed by atoms with Gasteiger partial charge in [0.25, 0.3) is 0 Å². The van der Waals surface area contributed by atoms with Gasteiger partial charge in [-0.2, -0.15) is 0 Å². The first-order valence-corrected chi connectivity index (χ1v) is 12.5. The monoisotopic (exact) mass is 440 g/mol. The van der Waals surface area contributed by atoms with Crippen molar-refractivity contribution in [3.8, 4) is 0 Å². The molecule has 1 unspecified atom stereocenters. The van der Waals surface area contributed by atoms with Crippen molar-refractivity contribution in [2.24, 2.45) is 4.99 Å². The molecule has 0 spiro atoms. The minimum Gasteiger partial charge on any atom is -0.355 e. The SMILES string of the molecule is CN=C(NCC1CCCN1Cc1ccccc1)N1CCN(CC(=O)N2CCCCC2)CC1. The Morgan fingerprint density at radius 1 is 0.938 bits per heavy atom. The van der Waals surface area contributed by atoms with Gasteiger partial charge in [-0.3, -0.25) is 19.6 Å². The van der Waals surface area contributed by atoms with Crippen molar-refractivity contribution in [1.82, 2.24) is 24.9 Å². The van der Waals surface area contributed by atoms with Crippen molar-refractivity contribution in [1.29, 1.82) is 0 Å². The van der Waals surface area contributed by atoms with E-state index in [2.05, 4.69) is 60.2 Å². The predicted octanol–water partition coefficient (Wildman–Crippen LogP) is 1.86. The average molecular weight is 441 g/mol. The summed E-state index contributed by atoms with van der Waals surface area (Å²) in [5, 5.41) is 3.64. The maximum atomic E-state index is 12.6. The molecule has 3 fully saturated rings. The number of guanidine groups is 1. The van der Waals surface area contributed by atoms with Crippen LogP contribution < -0.4 is 5.32 Å². The van der Waals surface area contributed by atoms with E-state index in [1.54, 1.807) is 0 Å². The number of carbonyl (C=O) groups is 1. The lowest BCUT2D eigenvalue weighted by Crippen LogP contribution is -2.55. The van der Waals surface area contributed by atoms with Gasteiger partial charge in [-0.1, -0.05) is 30.3 Å². The first kappa shape index (κ1) is 23.1. The number of benzene rings is 1. The zero-order chi connectivity index (χ0) is 22.2. The molecule has 0 bridgehead atoms. The highest BCUT2D eigenvalue weighted by Crippen LogP contribution is 2.19. The van der Waals surface area contributed by atoms with Crippen molar-refractivity contribution < 1.29 is 4.79 Å². The first-order chi connectivity index (χ1) is 15.7. The Bertz CT molecular complexity index is 740. The lowest BCUT2D eigenvalue weighted by molar-refractivity contribution is -0.133. The highest BCUT2D eigenvalue weighted by Gasteiger charge is 2.27. The van der Waals surface area contributed by atoms with Crippen LogP contribution in [0.4, 0.5) is 0 Å². The Hall–Kier alpha value is -2.12. The summed E-state index contributed by atoms with van der Waals surface area (Å²) in [5.41, 5.74) is 1.39. The van der Waals surface area contributed by atoms with E-state index in [9.17, 15) is 4.79 Å². The molecule has 3 aliphatic rings. The van der Waals surface area contributed by atoms with Gasteiger partial charge in [-0.25, -0.2) is 0 Å². The Kier molecular flexibility index (Phi) is 8.40. The van der Waals surface area contributed by atoms with Crippen molar-refractivity contribution in [2.75, 3.05) is 66.0 Å². The van der Waals surface area contributed by atoms with Gasteiger partial charge in [0.15, 0.2) is 5.96 Å². The summed E-state index contributed by atoms with van der Waals surface area (Å²) < 4.78 is 0. The van der Waals surface area contributed by atoms with Gasteiger partial charge in [-0.15, -0.1) is 0 Å². The Balaban J connectivity index is 1.20. The van der Waals surface area contributed by atoms with Crippen LogP contribution in [0.1, 0.15) is 37.7 Å². The third-order valence-electron chi connectivity index (χ3n) is 7.17. The summed E-state index contributed by atoms with van der Waals surface area (Å²) in [6.45, 7) is 9.27. The van der Waals surface area contributed by atoms with Crippen LogP contribution in [0, 0.1) is 0 Å². The second-order valence-corrected chi connectivity index (χ2v) is 9.38. The third kappa shape index (κ3) is 6.23. The zero-order valence-corrected chi connectivity index (χ0v) is 19.7. The molecule has 0 radical (unpaired) electrons. The number of aliphatic imine (C=N–C) groups is 1. The smallest absolute Gasteiger partial charge is 0.236 e. The van der Waals surface area contributed by atoms with E-state index >= 15 is 0 Å². The van der Waals surface area contributed by atoms with Crippen molar-refractivity contribution in [3.63, 3.8) is 0 Å². The summed E-state index contributed by atoms with van der Waals surface area (Å²) >= 11 is 0. The van der Waals surface area contributed by atoms with Gasteiger partial charge in [0.2, 0.25) is 5.91 Å². The number of piperazine rings is 1. The largest absolute Gasteiger partial charge is 0.355 e. The quantitative estimate of drug-likeness (QED) is 0.541. The van der Waals surface area contributed by atoms with Crippen molar-refractivity contribution >= 4 is 11.9 Å². The molecule has 0 saturated carbocycles. The van der Waals surface area contributed by atoms with E-state index in [1.165, 1.54) is 31.4 Å². The molecular weight excluding hydrogens is 400 g/mol. The van der Waals surface area contributed by atoms with Crippen LogP contribution >= 0.6 is 0 Å². The standard InChI is InChI=1S/C25H40N6O/c1-26-25(27-19-23-11-8-14-31(23)20-22-9-4-2-5-10-22)30-17-15-28(16-18-30)21-24(32)29-12-6-3-7-13-29/h2,4-5,9-10,23H,3,6-8,11-21H2,1H3,(H,26,27). The average Bonchev–Trinajstić information content (AvgIpc) is 3.28. The molecule has 3 heterocycles. The molecular formula is C25H40N6O. The van der Waals surface area contributed by atoms with Crippen LogP contribution in [0.3, 0.4) is 0 Å². The number of nitrogens with zero attached hydrogens (tertiary/aromatic N) is 5. The summed E-state index contributed by atoms with van der Waals surface area (Å²) in [6, 6.07) is 11.3. The number of hydrogen-bond donors (Lipinski definition) is 1. The van der Waals surface area contributed by atoms with E-state index in [0.29, 0.717) is 18.5 Å².